The summed E-state index contributed by atoms with van der Waals surface area (Å²) in [6, 6.07) is 13.0. The number of amides is 1. The number of thioether (sulfide) groups is 1. The summed E-state index contributed by atoms with van der Waals surface area (Å²) in [6.07, 6.45) is 5.11. The highest BCUT2D eigenvalue weighted by Gasteiger charge is 2.10. The molecule has 0 fully saturated rings. The molecule has 1 amide bonds. The van der Waals surface area contributed by atoms with Gasteiger partial charge in [-0.25, -0.2) is 9.67 Å². The van der Waals surface area contributed by atoms with Gasteiger partial charge in [0, 0.05) is 23.5 Å². The van der Waals surface area contributed by atoms with Crippen molar-refractivity contribution >= 4 is 23.4 Å². The maximum atomic E-state index is 12.2. The topological polar surface area (TPSA) is 69.0 Å². The zero-order chi connectivity index (χ0) is 16.8. The molecular formula is C17H16N4O2S. The fourth-order valence-electron chi connectivity index (χ4n) is 2.08. The van der Waals surface area contributed by atoms with E-state index >= 15 is 0 Å². The highest BCUT2D eigenvalue weighted by Crippen LogP contribution is 2.22. The number of carbonyl (C=O) groups is 1. The fraction of sp³-hybridized carbons (Fsp3) is 0.118. The summed E-state index contributed by atoms with van der Waals surface area (Å²) in [7, 11) is 1.63. The molecule has 7 heteroatoms. The number of nitrogens with zero attached hydrogens (tertiary/aromatic N) is 3. The van der Waals surface area contributed by atoms with Crippen molar-refractivity contribution < 1.29 is 9.53 Å². The minimum atomic E-state index is -0.0998. The number of hydrogen-bond acceptors (Lipinski definition) is 5. The number of hydrogen-bond donors (Lipinski definition) is 1. The van der Waals surface area contributed by atoms with Gasteiger partial charge in [0.2, 0.25) is 5.91 Å². The first-order chi connectivity index (χ1) is 11.8. The molecule has 2 heterocycles. The number of rotatable bonds is 6. The summed E-state index contributed by atoms with van der Waals surface area (Å²) >= 11 is 1.46. The van der Waals surface area contributed by atoms with Gasteiger partial charge in [-0.3, -0.25) is 4.79 Å². The van der Waals surface area contributed by atoms with Crippen LogP contribution in [0, 0.1) is 0 Å². The normalized spacial score (nSPS) is 10.4. The molecule has 0 atom stereocenters. The highest BCUT2D eigenvalue weighted by molar-refractivity contribution is 8.00. The molecule has 1 N–H and O–H groups in total. The predicted molar refractivity (Wildman–Crippen MR) is 93.7 cm³/mol. The van der Waals surface area contributed by atoms with Crippen LogP contribution in [0.4, 0.5) is 5.69 Å². The third kappa shape index (κ3) is 3.94. The number of benzene rings is 1. The Kier molecular flexibility index (Phi) is 5.12. The van der Waals surface area contributed by atoms with E-state index < -0.39 is 0 Å². The number of carbonyl (C=O) groups excluding carboxylic acids is 1. The predicted octanol–water partition coefficient (Wildman–Crippen LogP) is 3.01. The van der Waals surface area contributed by atoms with Crippen molar-refractivity contribution in [3.8, 4) is 11.6 Å². The first-order valence-corrected chi connectivity index (χ1v) is 8.26. The second-order valence-electron chi connectivity index (χ2n) is 4.84. The Labute approximate surface area is 143 Å². The molecule has 1 aromatic carbocycles. The quantitative estimate of drug-likeness (QED) is 0.699. The van der Waals surface area contributed by atoms with E-state index in [0.717, 1.165) is 10.6 Å². The van der Waals surface area contributed by atoms with Crippen molar-refractivity contribution in [2.75, 3.05) is 18.2 Å². The summed E-state index contributed by atoms with van der Waals surface area (Å²) in [6.45, 7) is 0. The number of anilines is 1. The van der Waals surface area contributed by atoms with Gasteiger partial charge in [0.05, 0.1) is 18.6 Å². The van der Waals surface area contributed by atoms with E-state index in [9.17, 15) is 4.79 Å². The van der Waals surface area contributed by atoms with Gasteiger partial charge in [-0.15, -0.1) is 11.8 Å². The van der Waals surface area contributed by atoms with Gasteiger partial charge in [0.25, 0.3) is 0 Å². The van der Waals surface area contributed by atoms with Crippen LogP contribution in [0.1, 0.15) is 0 Å². The molecule has 0 bridgehead atoms. The lowest BCUT2D eigenvalue weighted by molar-refractivity contribution is -0.113. The van der Waals surface area contributed by atoms with E-state index in [1.54, 1.807) is 48.6 Å². The van der Waals surface area contributed by atoms with Gasteiger partial charge in [-0.05, 0) is 42.5 Å². The molecule has 3 rings (SSSR count). The van der Waals surface area contributed by atoms with Gasteiger partial charge in [0.15, 0.2) is 5.82 Å². The van der Waals surface area contributed by atoms with Gasteiger partial charge in [-0.1, -0.05) is 0 Å². The minimum absolute atomic E-state index is 0.0998. The zero-order valence-electron chi connectivity index (χ0n) is 13.0. The van der Waals surface area contributed by atoms with Gasteiger partial charge in [0.1, 0.15) is 5.75 Å². The lowest BCUT2D eigenvalue weighted by atomic mass is 10.3. The van der Waals surface area contributed by atoms with Crippen molar-refractivity contribution in [2.45, 2.75) is 4.90 Å². The largest absolute Gasteiger partial charge is 0.497 e. The average molecular weight is 340 g/mol. The number of nitrogens with one attached hydrogen (secondary N) is 1. The van der Waals surface area contributed by atoms with Gasteiger partial charge >= 0.3 is 0 Å². The average Bonchev–Trinajstić information content (AvgIpc) is 3.15. The van der Waals surface area contributed by atoms with Crippen LogP contribution in [0.3, 0.4) is 0 Å². The Morgan fingerprint density at radius 1 is 1.21 bits per heavy atom. The Hall–Kier alpha value is -2.80. The third-order valence-corrected chi connectivity index (χ3v) is 4.22. The second-order valence-corrected chi connectivity index (χ2v) is 5.89. The van der Waals surface area contributed by atoms with E-state index in [-0.39, 0.29) is 5.91 Å². The van der Waals surface area contributed by atoms with Crippen molar-refractivity contribution in [3.63, 3.8) is 0 Å². The van der Waals surface area contributed by atoms with Gasteiger partial charge < -0.3 is 10.1 Å². The second kappa shape index (κ2) is 7.65. The highest BCUT2D eigenvalue weighted by atomic mass is 32.2. The van der Waals surface area contributed by atoms with Crippen molar-refractivity contribution in [2.24, 2.45) is 0 Å². The van der Waals surface area contributed by atoms with Crippen LogP contribution in [0.15, 0.2) is 66.0 Å². The smallest absolute Gasteiger partial charge is 0.234 e. The zero-order valence-corrected chi connectivity index (χ0v) is 13.9. The Balaban J connectivity index is 1.63. The Bertz CT molecular complexity index is 804. The first-order valence-electron chi connectivity index (χ1n) is 7.28. The van der Waals surface area contributed by atoms with Crippen LogP contribution in [0.2, 0.25) is 0 Å². The lowest BCUT2D eigenvalue weighted by Gasteiger charge is -2.10. The molecule has 0 saturated heterocycles. The molecule has 3 aromatic rings. The molecule has 0 aliphatic rings. The number of ether oxygens (including phenoxy) is 1. The number of pyridine rings is 1. The summed E-state index contributed by atoms with van der Waals surface area (Å²) < 4.78 is 6.74. The van der Waals surface area contributed by atoms with Crippen LogP contribution < -0.4 is 10.1 Å². The monoisotopic (exact) mass is 340 g/mol. The van der Waals surface area contributed by atoms with E-state index in [2.05, 4.69) is 15.4 Å². The van der Waals surface area contributed by atoms with Crippen LogP contribution in [0.5, 0.6) is 5.75 Å². The van der Waals surface area contributed by atoms with E-state index in [1.807, 2.05) is 24.3 Å². The van der Waals surface area contributed by atoms with E-state index in [4.69, 9.17) is 4.74 Å². The van der Waals surface area contributed by atoms with Crippen molar-refractivity contribution in [1.82, 2.24) is 14.8 Å². The van der Waals surface area contributed by atoms with Crippen LogP contribution in [0.25, 0.3) is 5.82 Å². The van der Waals surface area contributed by atoms with Gasteiger partial charge in [-0.2, -0.15) is 5.10 Å². The van der Waals surface area contributed by atoms with Crippen molar-refractivity contribution in [3.05, 3.63) is 61.1 Å². The molecule has 2 aromatic heterocycles. The molecular weight excluding hydrogens is 324 g/mol. The molecule has 0 radical (unpaired) electrons. The van der Waals surface area contributed by atoms with E-state index in [1.165, 1.54) is 11.8 Å². The molecule has 122 valence electrons. The Morgan fingerprint density at radius 2 is 2.04 bits per heavy atom. The fourth-order valence-corrected chi connectivity index (χ4v) is 2.78. The van der Waals surface area contributed by atoms with Crippen LogP contribution in [-0.2, 0) is 4.79 Å². The minimum Gasteiger partial charge on any atom is -0.497 e. The maximum Gasteiger partial charge on any atom is 0.234 e. The van der Waals surface area contributed by atoms with Crippen molar-refractivity contribution in [1.29, 1.82) is 0 Å². The molecule has 0 spiro atoms. The van der Waals surface area contributed by atoms with E-state index in [0.29, 0.717) is 17.3 Å². The maximum absolute atomic E-state index is 12.2. The molecule has 0 aliphatic heterocycles. The molecule has 0 saturated carbocycles. The summed E-state index contributed by atoms with van der Waals surface area (Å²) in [5.74, 6) is 1.59. The summed E-state index contributed by atoms with van der Waals surface area (Å²) in [4.78, 5) is 17.5. The lowest BCUT2D eigenvalue weighted by Crippen LogP contribution is -2.16. The number of aromatic nitrogens is 3. The molecule has 0 unspecified atom stereocenters. The first kappa shape index (κ1) is 16.1. The van der Waals surface area contributed by atoms with Crippen LogP contribution in [-0.4, -0.2) is 33.5 Å². The summed E-state index contributed by atoms with van der Waals surface area (Å²) in [5.41, 5.74) is 0.626. The SMILES string of the molecule is COc1ccc(SCC(=O)Nc2cccnc2-n2cccn2)cc1. The summed E-state index contributed by atoms with van der Waals surface area (Å²) in [5, 5.41) is 7.03. The molecule has 0 aliphatic carbocycles. The standard InChI is InChI=1S/C17H16N4O2S/c1-23-13-5-7-14(8-6-13)24-12-16(22)20-15-4-2-9-18-17(15)21-11-3-10-19-21/h2-11H,12H2,1H3,(H,20,22). The molecule has 24 heavy (non-hydrogen) atoms. The van der Waals surface area contributed by atoms with Crippen LogP contribution >= 0.6 is 11.8 Å². The number of methoxy groups -OCH3 is 1. The third-order valence-electron chi connectivity index (χ3n) is 3.21. The molecule has 6 nitrogen and oxygen atoms in total. The Morgan fingerprint density at radius 3 is 2.75 bits per heavy atom.